The van der Waals surface area contributed by atoms with Crippen molar-refractivity contribution in [2.75, 3.05) is 0 Å². The van der Waals surface area contributed by atoms with E-state index in [4.69, 9.17) is 5.11 Å². The Morgan fingerprint density at radius 3 is 2.94 bits per heavy atom. The zero-order valence-corrected chi connectivity index (χ0v) is 8.62. The van der Waals surface area contributed by atoms with Crippen LogP contribution in [-0.4, -0.2) is 16.1 Å². The standard InChI is InChI=1S/C12H10FNO2/c1-7-6-14-12-8(2-3-11(15)16)4-9(13)5-10(7)12/h2-6,14H,1H3,(H,15,16)/b3-2+. The van der Waals surface area contributed by atoms with Gasteiger partial charge in [0.05, 0.1) is 5.52 Å². The van der Waals surface area contributed by atoms with Crippen LogP contribution in [0.2, 0.25) is 0 Å². The van der Waals surface area contributed by atoms with Gasteiger partial charge < -0.3 is 10.1 Å². The number of hydrogen-bond acceptors (Lipinski definition) is 1. The maximum absolute atomic E-state index is 13.3. The number of H-pyrrole nitrogens is 1. The fourth-order valence-corrected chi connectivity index (χ4v) is 1.65. The third-order valence-electron chi connectivity index (χ3n) is 2.40. The lowest BCUT2D eigenvalue weighted by Gasteiger charge is -1.98. The maximum atomic E-state index is 13.3. The molecule has 0 atom stereocenters. The summed E-state index contributed by atoms with van der Waals surface area (Å²) in [6, 6.07) is 2.73. The van der Waals surface area contributed by atoms with Gasteiger partial charge in [-0.1, -0.05) is 0 Å². The van der Waals surface area contributed by atoms with Crippen LogP contribution in [0.15, 0.2) is 24.4 Å². The second-order valence-corrected chi connectivity index (χ2v) is 3.56. The summed E-state index contributed by atoms with van der Waals surface area (Å²) < 4.78 is 13.3. The quantitative estimate of drug-likeness (QED) is 0.763. The third-order valence-corrected chi connectivity index (χ3v) is 2.40. The molecule has 2 N–H and O–H groups in total. The maximum Gasteiger partial charge on any atom is 0.328 e. The fraction of sp³-hybridized carbons (Fsp3) is 0.0833. The molecule has 2 rings (SSSR count). The summed E-state index contributed by atoms with van der Waals surface area (Å²) in [6.45, 7) is 1.86. The van der Waals surface area contributed by atoms with Crippen molar-refractivity contribution < 1.29 is 14.3 Å². The molecule has 0 spiro atoms. The number of aromatic amines is 1. The molecule has 3 nitrogen and oxygen atoms in total. The lowest BCUT2D eigenvalue weighted by Crippen LogP contribution is -1.87. The highest BCUT2D eigenvalue weighted by Crippen LogP contribution is 2.23. The number of carboxylic acids is 1. The van der Waals surface area contributed by atoms with E-state index in [1.54, 1.807) is 6.20 Å². The molecule has 16 heavy (non-hydrogen) atoms. The first-order valence-corrected chi connectivity index (χ1v) is 4.76. The van der Waals surface area contributed by atoms with Crippen LogP contribution in [-0.2, 0) is 4.79 Å². The first kappa shape index (κ1) is 10.4. The molecule has 1 aromatic heterocycles. The van der Waals surface area contributed by atoms with Gasteiger partial charge in [-0.2, -0.15) is 0 Å². The van der Waals surface area contributed by atoms with Crippen LogP contribution in [0.3, 0.4) is 0 Å². The van der Waals surface area contributed by atoms with Gasteiger partial charge in [0.25, 0.3) is 0 Å². The Bertz CT molecular complexity index is 584. The number of hydrogen-bond donors (Lipinski definition) is 2. The van der Waals surface area contributed by atoms with E-state index in [2.05, 4.69) is 4.98 Å². The molecule has 0 amide bonds. The van der Waals surface area contributed by atoms with Crippen molar-refractivity contribution in [3.8, 4) is 0 Å². The van der Waals surface area contributed by atoms with Gasteiger partial charge in [0.2, 0.25) is 0 Å². The molecular weight excluding hydrogens is 209 g/mol. The Hall–Kier alpha value is -2.10. The van der Waals surface area contributed by atoms with Crippen LogP contribution in [0.4, 0.5) is 4.39 Å². The SMILES string of the molecule is Cc1c[nH]c2c(/C=C/C(=O)O)cc(F)cc12. The summed E-state index contributed by atoms with van der Waals surface area (Å²) in [5.41, 5.74) is 2.21. The van der Waals surface area contributed by atoms with Gasteiger partial charge >= 0.3 is 5.97 Å². The number of rotatable bonds is 2. The molecule has 0 aliphatic rings. The van der Waals surface area contributed by atoms with E-state index >= 15 is 0 Å². The molecule has 0 saturated heterocycles. The van der Waals surface area contributed by atoms with E-state index in [0.717, 1.165) is 22.5 Å². The normalized spacial score (nSPS) is 11.4. The van der Waals surface area contributed by atoms with E-state index < -0.39 is 5.97 Å². The zero-order valence-electron chi connectivity index (χ0n) is 8.62. The predicted octanol–water partition coefficient (Wildman–Crippen LogP) is 2.71. The second kappa shape index (κ2) is 3.81. The highest BCUT2D eigenvalue weighted by molar-refractivity contribution is 5.94. The lowest BCUT2D eigenvalue weighted by molar-refractivity contribution is -0.131. The predicted molar refractivity (Wildman–Crippen MR) is 59.7 cm³/mol. The largest absolute Gasteiger partial charge is 0.478 e. The van der Waals surface area contributed by atoms with Gasteiger partial charge in [-0.15, -0.1) is 0 Å². The zero-order chi connectivity index (χ0) is 11.7. The number of carbonyl (C=O) groups is 1. The molecule has 0 aliphatic heterocycles. The molecule has 4 heteroatoms. The lowest BCUT2D eigenvalue weighted by atomic mass is 10.1. The van der Waals surface area contributed by atoms with Gasteiger partial charge in [-0.3, -0.25) is 0 Å². The molecule has 0 fully saturated rings. The van der Waals surface area contributed by atoms with E-state index in [1.807, 2.05) is 6.92 Å². The van der Waals surface area contributed by atoms with E-state index in [-0.39, 0.29) is 5.82 Å². The van der Waals surface area contributed by atoms with Crippen molar-refractivity contribution in [3.63, 3.8) is 0 Å². The van der Waals surface area contributed by atoms with Crippen LogP contribution in [0, 0.1) is 12.7 Å². The molecule has 1 aromatic carbocycles. The number of nitrogens with one attached hydrogen (secondary N) is 1. The first-order valence-electron chi connectivity index (χ1n) is 4.76. The van der Waals surface area contributed by atoms with Crippen LogP contribution >= 0.6 is 0 Å². The third kappa shape index (κ3) is 1.82. The Morgan fingerprint density at radius 1 is 1.50 bits per heavy atom. The monoisotopic (exact) mass is 219 g/mol. The molecule has 0 radical (unpaired) electrons. The fourth-order valence-electron chi connectivity index (χ4n) is 1.65. The van der Waals surface area contributed by atoms with Crippen LogP contribution in [0.5, 0.6) is 0 Å². The van der Waals surface area contributed by atoms with Crippen LogP contribution in [0.1, 0.15) is 11.1 Å². The first-order chi connectivity index (χ1) is 7.58. The Morgan fingerprint density at radius 2 is 2.25 bits per heavy atom. The summed E-state index contributed by atoms with van der Waals surface area (Å²) in [5, 5.41) is 9.30. The van der Waals surface area contributed by atoms with Crippen molar-refractivity contribution in [2.24, 2.45) is 0 Å². The van der Waals surface area contributed by atoms with E-state index in [0.29, 0.717) is 5.56 Å². The number of aromatic nitrogens is 1. The number of fused-ring (bicyclic) bond motifs is 1. The summed E-state index contributed by atoms with van der Waals surface area (Å²) >= 11 is 0. The number of aliphatic carboxylic acids is 1. The molecule has 1 heterocycles. The average molecular weight is 219 g/mol. The van der Waals surface area contributed by atoms with Crippen LogP contribution in [0.25, 0.3) is 17.0 Å². The summed E-state index contributed by atoms with van der Waals surface area (Å²) in [7, 11) is 0. The number of benzene rings is 1. The van der Waals surface area contributed by atoms with Crippen molar-refractivity contribution in [1.29, 1.82) is 0 Å². The van der Waals surface area contributed by atoms with Gasteiger partial charge in [0.1, 0.15) is 5.82 Å². The van der Waals surface area contributed by atoms with Gasteiger partial charge in [0.15, 0.2) is 0 Å². The molecule has 0 unspecified atom stereocenters. The smallest absolute Gasteiger partial charge is 0.328 e. The second-order valence-electron chi connectivity index (χ2n) is 3.56. The van der Waals surface area contributed by atoms with Crippen molar-refractivity contribution in [2.45, 2.75) is 6.92 Å². The molecule has 0 aliphatic carbocycles. The van der Waals surface area contributed by atoms with E-state index in [1.165, 1.54) is 18.2 Å². The summed E-state index contributed by atoms with van der Waals surface area (Å²) in [5.74, 6) is -1.43. The minimum Gasteiger partial charge on any atom is -0.478 e. The number of halogens is 1. The van der Waals surface area contributed by atoms with Crippen molar-refractivity contribution in [1.82, 2.24) is 4.98 Å². The Balaban J connectivity index is 2.64. The van der Waals surface area contributed by atoms with Crippen molar-refractivity contribution in [3.05, 3.63) is 41.3 Å². The highest BCUT2D eigenvalue weighted by atomic mass is 19.1. The molecular formula is C12H10FNO2. The Kier molecular flexibility index (Phi) is 2.48. The molecule has 0 saturated carbocycles. The minimum atomic E-state index is -1.05. The van der Waals surface area contributed by atoms with Gasteiger partial charge in [-0.25, -0.2) is 9.18 Å². The highest BCUT2D eigenvalue weighted by Gasteiger charge is 2.06. The molecule has 82 valence electrons. The minimum absolute atomic E-state index is 0.375. The van der Waals surface area contributed by atoms with Gasteiger partial charge in [-0.05, 0) is 30.7 Å². The number of carboxylic acid groups (broad SMARTS) is 1. The Labute approximate surface area is 91.2 Å². The molecule has 0 bridgehead atoms. The van der Waals surface area contributed by atoms with Crippen LogP contribution < -0.4 is 0 Å². The van der Waals surface area contributed by atoms with E-state index in [9.17, 15) is 9.18 Å². The topological polar surface area (TPSA) is 53.1 Å². The average Bonchev–Trinajstić information content (AvgIpc) is 2.57. The summed E-state index contributed by atoms with van der Waals surface area (Å²) in [6.07, 6.45) is 4.14. The van der Waals surface area contributed by atoms with Crippen molar-refractivity contribution >= 4 is 22.9 Å². The summed E-state index contributed by atoms with van der Waals surface area (Å²) in [4.78, 5) is 13.4. The number of aryl methyl sites for hydroxylation is 1. The molecule has 2 aromatic rings. The van der Waals surface area contributed by atoms with Gasteiger partial charge in [0, 0.05) is 23.2 Å².